The number of aliphatic hydroxyl groups is 1. The number of nitrogens with zero attached hydrogens (tertiary/aromatic N) is 4. The van der Waals surface area contributed by atoms with E-state index in [1.807, 2.05) is 19.0 Å². The smallest absolute Gasteiger partial charge is 0.158 e. The normalized spacial score (nSPS) is 23.1. The second kappa shape index (κ2) is 5.50. The molecule has 1 aromatic rings. The lowest BCUT2D eigenvalue weighted by Gasteiger charge is -2.28. The topological polar surface area (TPSA) is 102 Å². The molecule has 1 fully saturated rings. The van der Waals surface area contributed by atoms with Crippen LogP contribution in [0.4, 0.5) is 5.82 Å². The van der Waals surface area contributed by atoms with Crippen molar-refractivity contribution in [1.82, 2.24) is 14.9 Å². The summed E-state index contributed by atoms with van der Waals surface area (Å²) < 4.78 is 0. The molecule has 4 N–H and O–H groups in total. The fourth-order valence-electron chi connectivity index (χ4n) is 2.48. The first-order valence-corrected chi connectivity index (χ1v) is 6.24. The first kappa shape index (κ1) is 13.7. The van der Waals surface area contributed by atoms with Crippen molar-refractivity contribution in [2.75, 3.05) is 32.1 Å². The highest BCUT2D eigenvalue weighted by atomic mass is 16.3. The average Bonchev–Trinajstić information content (AvgIpc) is 2.69. The second-order valence-corrected chi connectivity index (χ2v) is 5.10. The molecule has 0 aliphatic carbocycles. The summed E-state index contributed by atoms with van der Waals surface area (Å²) >= 11 is 0. The lowest BCUT2D eigenvalue weighted by molar-refractivity contribution is 0.191. The Labute approximate surface area is 112 Å². The monoisotopic (exact) mass is 264 g/mol. The third-order valence-corrected chi connectivity index (χ3v) is 3.17. The number of hydrogen-bond donors (Lipinski definition) is 3. The molecule has 7 nitrogen and oxygen atoms in total. The van der Waals surface area contributed by atoms with Gasteiger partial charge in [-0.1, -0.05) is 0 Å². The van der Waals surface area contributed by atoms with E-state index in [0.29, 0.717) is 24.5 Å². The number of anilines is 1. The van der Waals surface area contributed by atoms with Crippen LogP contribution >= 0.6 is 0 Å². The molecule has 0 saturated carbocycles. The Morgan fingerprint density at radius 1 is 1.53 bits per heavy atom. The first-order chi connectivity index (χ1) is 8.99. The number of nitrogens with two attached hydrogens (primary N) is 1. The van der Waals surface area contributed by atoms with Crippen LogP contribution in [-0.4, -0.2) is 65.1 Å². The van der Waals surface area contributed by atoms with Crippen LogP contribution in [0.15, 0.2) is 12.4 Å². The standard InChI is InChI=1S/C12H20N6O/c1-17(2)6-8-5-9(19)7-18(8)12-10(11(13)14)15-3-4-16-12/h3-4,8-9,19H,5-7H2,1-2H3,(H3,13,14). The number of aliphatic hydroxyl groups excluding tert-OH is 1. The minimum Gasteiger partial charge on any atom is -0.391 e. The zero-order valence-corrected chi connectivity index (χ0v) is 11.2. The molecular formula is C12H20N6O. The Bertz CT molecular complexity index is 463. The molecule has 2 unspecified atom stereocenters. The summed E-state index contributed by atoms with van der Waals surface area (Å²) in [5.41, 5.74) is 5.92. The van der Waals surface area contributed by atoms with Gasteiger partial charge in [0.1, 0.15) is 11.5 Å². The third kappa shape index (κ3) is 2.99. The van der Waals surface area contributed by atoms with Crippen LogP contribution in [0.25, 0.3) is 0 Å². The molecular weight excluding hydrogens is 244 g/mol. The Kier molecular flexibility index (Phi) is 3.96. The van der Waals surface area contributed by atoms with Gasteiger partial charge in [0.25, 0.3) is 0 Å². The minimum atomic E-state index is -0.383. The van der Waals surface area contributed by atoms with E-state index in [0.717, 1.165) is 6.54 Å². The molecule has 1 aliphatic rings. The van der Waals surface area contributed by atoms with E-state index in [1.165, 1.54) is 6.20 Å². The van der Waals surface area contributed by atoms with E-state index >= 15 is 0 Å². The van der Waals surface area contributed by atoms with Gasteiger partial charge in [0.05, 0.1) is 6.10 Å². The molecule has 2 heterocycles. The summed E-state index contributed by atoms with van der Waals surface area (Å²) in [5, 5.41) is 17.5. The molecule has 1 aromatic heterocycles. The Morgan fingerprint density at radius 2 is 2.21 bits per heavy atom. The number of likely N-dealkylation sites (N-methyl/N-ethyl adjacent to an activating group) is 1. The SMILES string of the molecule is CN(C)CC1CC(O)CN1c1nccnc1C(=N)N. The fraction of sp³-hybridized carbons (Fsp3) is 0.583. The van der Waals surface area contributed by atoms with E-state index in [2.05, 4.69) is 14.9 Å². The van der Waals surface area contributed by atoms with Crippen LogP contribution < -0.4 is 10.6 Å². The number of amidine groups is 1. The summed E-state index contributed by atoms with van der Waals surface area (Å²) in [6, 6.07) is 0.153. The van der Waals surface area contributed by atoms with E-state index in [1.54, 1.807) is 6.20 Å². The van der Waals surface area contributed by atoms with Crippen molar-refractivity contribution in [3.05, 3.63) is 18.1 Å². The van der Waals surface area contributed by atoms with Crippen LogP contribution in [0, 0.1) is 5.41 Å². The molecule has 19 heavy (non-hydrogen) atoms. The summed E-state index contributed by atoms with van der Waals surface area (Å²) in [6.07, 6.45) is 3.41. The molecule has 0 aromatic carbocycles. The van der Waals surface area contributed by atoms with Crippen LogP contribution in [0.3, 0.4) is 0 Å². The maximum atomic E-state index is 9.88. The van der Waals surface area contributed by atoms with Gasteiger partial charge < -0.3 is 20.6 Å². The Morgan fingerprint density at radius 3 is 2.84 bits per heavy atom. The van der Waals surface area contributed by atoms with Crippen molar-refractivity contribution in [2.45, 2.75) is 18.6 Å². The van der Waals surface area contributed by atoms with Gasteiger partial charge in [-0.25, -0.2) is 9.97 Å². The maximum Gasteiger partial charge on any atom is 0.158 e. The molecule has 0 radical (unpaired) electrons. The highest BCUT2D eigenvalue weighted by Gasteiger charge is 2.33. The number of aromatic nitrogens is 2. The quantitative estimate of drug-likeness (QED) is 0.489. The third-order valence-electron chi connectivity index (χ3n) is 3.17. The molecule has 0 bridgehead atoms. The lowest BCUT2D eigenvalue weighted by Crippen LogP contribution is -2.39. The molecule has 2 atom stereocenters. The molecule has 1 saturated heterocycles. The number of hydrogen-bond acceptors (Lipinski definition) is 6. The number of rotatable bonds is 4. The van der Waals surface area contributed by atoms with Crippen LogP contribution in [0.5, 0.6) is 0 Å². The van der Waals surface area contributed by atoms with Gasteiger partial charge in [-0.3, -0.25) is 5.41 Å². The van der Waals surface area contributed by atoms with E-state index in [9.17, 15) is 5.11 Å². The maximum absolute atomic E-state index is 9.88. The molecule has 0 spiro atoms. The predicted molar refractivity (Wildman–Crippen MR) is 73.4 cm³/mol. The molecule has 2 rings (SSSR count). The second-order valence-electron chi connectivity index (χ2n) is 5.10. The summed E-state index contributed by atoms with van der Waals surface area (Å²) in [6.45, 7) is 1.31. The van der Waals surface area contributed by atoms with Gasteiger partial charge in [0.2, 0.25) is 0 Å². The Hall–Kier alpha value is -1.73. The highest BCUT2D eigenvalue weighted by Crippen LogP contribution is 2.26. The van der Waals surface area contributed by atoms with E-state index < -0.39 is 0 Å². The van der Waals surface area contributed by atoms with Crippen molar-refractivity contribution in [3.8, 4) is 0 Å². The van der Waals surface area contributed by atoms with Gasteiger partial charge in [-0.2, -0.15) is 0 Å². The van der Waals surface area contributed by atoms with Gasteiger partial charge in [-0.05, 0) is 20.5 Å². The highest BCUT2D eigenvalue weighted by molar-refractivity contribution is 5.97. The molecule has 104 valence electrons. The molecule has 1 aliphatic heterocycles. The number of nitrogens with one attached hydrogen (secondary N) is 1. The summed E-state index contributed by atoms with van der Waals surface area (Å²) in [5.74, 6) is 0.478. The average molecular weight is 264 g/mol. The largest absolute Gasteiger partial charge is 0.391 e. The minimum absolute atomic E-state index is 0.104. The van der Waals surface area contributed by atoms with Gasteiger partial charge in [0, 0.05) is 31.5 Å². The van der Waals surface area contributed by atoms with Crippen molar-refractivity contribution < 1.29 is 5.11 Å². The lowest BCUT2D eigenvalue weighted by atomic mass is 10.2. The van der Waals surface area contributed by atoms with Crippen LogP contribution in [-0.2, 0) is 0 Å². The van der Waals surface area contributed by atoms with Gasteiger partial charge >= 0.3 is 0 Å². The van der Waals surface area contributed by atoms with Crippen LogP contribution in [0.2, 0.25) is 0 Å². The van der Waals surface area contributed by atoms with Gasteiger partial charge in [0.15, 0.2) is 5.82 Å². The van der Waals surface area contributed by atoms with E-state index in [-0.39, 0.29) is 18.0 Å². The fourth-order valence-corrected chi connectivity index (χ4v) is 2.48. The molecule has 7 heteroatoms. The first-order valence-electron chi connectivity index (χ1n) is 6.24. The van der Waals surface area contributed by atoms with Crippen molar-refractivity contribution >= 4 is 11.7 Å². The predicted octanol–water partition coefficient (Wildman–Crippen LogP) is -0.738. The Balaban J connectivity index is 2.31. The van der Waals surface area contributed by atoms with Gasteiger partial charge in [-0.15, -0.1) is 0 Å². The van der Waals surface area contributed by atoms with Crippen LogP contribution in [0.1, 0.15) is 12.1 Å². The zero-order valence-electron chi connectivity index (χ0n) is 11.2. The number of β-amino-alcohol motifs (C(OH)–C–C–N with tert-alkyl or cyclic N) is 1. The number of nitrogen functional groups attached to an aromatic ring is 1. The molecule has 0 amide bonds. The summed E-state index contributed by atoms with van der Waals surface area (Å²) in [7, 11) is 3.98. The van der Waals surface area contributed by atoms with Crippen molar-refractivity contribution in [2.24, 2.45) is 5.73 Å². The zero-order chi connectivity index (χ0) is 14.0. The van der Waals surface area contributed by atoms with Crippen molar-refractivity contribution in [3.63, 3.8) is 0 Å². The summed E-state index contributed by atoms with van der Waals surface area (Å²) in [4.78, 5) is 12.5. The van der Waals surface area contributed by atoms with Crippen molar-refractivity contribution in [1.29, 1.82) is 5.41 Å². The van der Waals surface area contributed by atoms with E-state index in [4.69, 9.17) is 11.1 Å².